The Morgan fingerprint density at radius 1 is 1.41 bits per heavy atom. The van der Waals surface area contributed by atoms with Gasteiger partial charge in [-0.25, -0.2) is 4.39 Å². The fourth-order valence-corrected chi connectivity index (χ4v) is 2.44. The second-order valence-corrected chi connectivity index (χ2v) is 5.31. The lowest BCUT2D eigenvalue weighted by molar-refractivity contribution is 0.0647. The van der Waals surface area contributed by atoms with Gasteiger partial charge < -0.3 is 4.90 Å². The molecule has 0 spiro atoms. The molecule has 1 heterocycles. The zero-order valence-electron chi connectivity index (χ0n) is 10.6. The Balaban J connectivity index is 2.35. The summed E-state index contributed by atoms with van der Waals surface area (Å²) in [5.41, 5.74) is 0.556. The summed E-state index contributed by atoms with van der Waals surface area (Å²) in [6.07, 6.45) is 1.97. The molecule has 1 aliphatic heterocycles. The number of hydrogen-bond donors (Lipinski definition) is 0. The van der Waals surface area contributed by atoms with E-state index in [1.807, 2.05) is 13.8 Å². The van der Waals surface area contributed by atoms with Gasteiger partial charge in [0.25, 0.3) is 5.91 Å². The van der Waals surface area contributed by atoms with E-state index in [9.17, 15) is 9.18 Å². The van der Waals surface area contributed by atoms with Gasteiger partial charge in [-0.2, -0.15) is 0 Å². The van der Waals surface area contributed by atoms with Gasteiger partial charge in [0.05, 0.1) is 5.56 Å². The minimum absolute atomic E-state index is 0.159. The Bertz CT molecular complexity index is 454. The van der Waals surface area contributed by atoms with E-state index in [2.05, 4.69) is 0 Å². The molecule has 0 atom stereocenters. The average molecular weight is 235 g/mol. The number of nitrogens with zero attached hydrogens (tertiary/aromatic N) is 1. The fourth-order valence-electron chi connectivity index (χ4n) is 2.44. The van der Waals surface area contributed by atoms with Gasteiger partial charge in [0.1, 0.15) is 5.82 Å². The molecule has 1 saturated heterocycles. The Hall–Kier alpha value is -1.38. The van der Waals surface area contributed by atoms with Crippen molar-refractivity contribution < 1.29 is 9.18 Å². The Labute approximate surface area is 101 Å². The molecular weight excluding hydrogens is 217 g/mol. The van der Waals surface area contributed by atoms with Gasteiger partial charge >= 0.3 is 0 Å². The van der Waals surface area contributed by atoms with Crippen LogP contribution < -0.4 is 0 Å². The summed E-state index contributed by atoms with van der Waals surface area (Å²) < 4.78 is 13.9. The smallest absolute Gasteiger partial charge is 0.257 e. The minimum atomic E-state index is -0.389. The van der Waals surface area contributed by atoms with Crippen LogP contribution in [-0.2, 0) is 0 Å². The van der Waals surface area contributed by atoms with Gasteiger partial charge in [-0.1, -0.05) is 12.1 Å². The van der Waals surface area contributed by atoms with Crippen molar-refractivity contribution in [2.75, 3.05) is 6.54 Å². The molecule has 0 radical (unpaired) electrons. The van der Waals surface area contributed by atoms with E-state index in [1.54, 1.807) is 30.0 Å². The fraction of sp³-hybridized carbons (Fsp3) is 0.500. The minimum Gasteiger partial charge on any atom is -0.333 e. The van der Waals surface area contributed by atoms with Crippen LogP contribution in [-0.4, -0.2) is 22.9 Å². The number of halogens is 1. The van der Waals surface area contributed by atoms with E-state index >= 15 is 0 Å². The number of carbonyl (C=O) groups is 1. The summed E-state index contributed by atoms with van der Waals surface area (Å²) in [4.78, 5) is 14.1. The molecule has 2 nitrogen and oxygen atoms in total. The van der Waals surface area contributed by atoms with Gasteiger partial charge in [0, 0.05) is 12.1 Å². The topological polar surface area (TPSA) is 20.3 Å². The molecule has 0 N–H and O–H groups in total. The molecule has 2 rings (SSSR count). The SMILES string of the molecule is Cc1cccc(C(=O)N2CCCC2(C)C)c1F. The lowest BCUT2D eigenvalue weighted by atomic mass is 10.0. The highest BCUT2D eigenvalue weighted by molar-refractivity contribution is 5.95. The average Bonchev–Trinajstić information content (AvgIpc) is 2.61. The third-order valence-corrected chi connectivity index (χ3v) is 3.57. The quantitative estimate of drug-likeness (QED) is 0.732. The van der Waals surface area contributed by atoms with Crippen molar-refractivity contribution in [1.82, 2.24) is 4.90 Å². The Morgan fingerprint density at radius 3 is 2.71 bits per heavy atom. The molecule has 0 aromatic heterocycles. The number of rotatable bonds is 1. The lowest BCUT2D eigenvalue weighted by Crippen LogP contribution is -2.43. The molecule has 0 bridgehead atoms. The van der Waals surface area contributed by atoms with E-state index in [4.69, 9.17) is 0 Å². The monoisotopic (exact) mass is 235 g/mol. The molecule has 17 heavy (non-hydrogen) atoms. The number of amides is 1. The largest absolute Gasteiger partial charge is 0.333 e. The van der Waals surface area contributed by atoms with E-state index < -0.39 is 0 Å². The highest BCUT2D eigenvalue weighted by Gasteiger charge is 2.36. The van der Waals surface area contributed by atoms with E-state index in [0.29, 0.717) is 5.56 Å². The van der Waals surface area contributed by atoms with Gasteiger partial charge in [-0.05, 0) is 45.2 Å². The van der Waals surface area contributed by atoms with Crippen LogP contribution in [0.25, 0.3) is 0 Å². The number of aryl methyl sites for hydroxylation is 1. The zero-order valence-corrected chi connectivity index (χ0v) is 10.6. The van der Waals surface area contributed by atoms with Gasteiger partial charge in [-0.3, -0.25) is 4.79 Å². The molecular formula is C14H18FNO. The maximum atomic E-state index is 13.9. The van der Waals surface area contributed by atoms with Crippen LogP contribution in [0.3, 0.4) is 0 Å². The van der Waals surface area contributed by atoms with Crippen LogP contribution in [0.5, 0.6) is 0 Å². The first-order chi connectivity index (χ1) is 7.93. The molecule has 92 valence electrons. The van der Waals surface area contributed by atoms with Gasteiger partial charge in [-0.15, -0.1) is 0 Å². The van der Waals surface area contributed by atoms with Crippen LogP contribution >= 0.6 is 0 Å². The molecule has 3 heteroatoms. The summed E-state index contributed by atoms with van der Waals surface area (Å²) in [6, 6.07) is 4.98. The highest BCUT2D eigenvalue weighted by atomic mass is 19.1. The Morgan fingerprint density at radius 2 is 2.12 bits per heavy atom. The summed E-state index contributed by atoms with van der Waals surface area (Å²) in [5, 5.41) is 0. The van der Waals surface area contributed by atoms with E-state index in [0.717, 1.165) is 19.4 Å². The number of benzene rings is 1. The zero-order chi connectivity index (χ0) is 12.6. The molecule has 0 saturated carbocycles. The van der Waals surface area contributed by atoms with Gasteiger partial charge in [0.15, 0.2) is 0 Å². The molecule has 1 aliphatic rings. The predicted molar refractivity (Wildman–Crippen MR) is 65.5 cm³/mol. The summed E-state index contributed by atoms with van der Waals surface area (Å²) >= 11 is 0. The third kappa shape index (κ3) is 2.06. The van der Waals surface area contributed by atoms with Crippen molar-refractivity contribution in [3.05, 3.63) is 35.1 Å². The molecule has 0 unspecified atom stereocenters. The van der Waals surface area contributed by atoms with Crippen molar-refractivity contribution in [3.63, 3.8) is 0 Å². The first-order valence-electron chi connectivity index (χ1n) is 6.00. The molecule has 0 aliphatic carbocycles. The second-order valence-electron chi connectivity index (χ2n) is 5.31. The van der Waals surface area contributed by atoms with Crippen molar-refractivity contribution in [1.29, 1.82) is 0 Å². The molecule has 1 amide bonds. The normalized spacial score (nSPS) is 18.5. The second kappa shape index (κ2) is 4.13. The maximum Gasteiger partial charge on any atom is 0.257 e. The number of hydrogen-bond acceptors (Lipinski definition) is 1. The van der Waals surface area contributed by atoms with Crippen molar-refractivity contribution in [3.8, 4) is 0 Å². The number of carbonyl (C=O) groups excluding carboxylic acids is 1. The van der Waals surface area contributed by atoms with Crippen LogP contribution in [0.1, 0.15) is 42.6 Å². The molecule has 1 aromatic carbocycles. The van der Waals surface area contributed by atoms with Crippen molar-refractivity contribution >= 4 is 5.91 Å². The van der Waals surface area contributed by atoms with Crippen molar-refractivity contribution in [2.24, 2.45) is 0 Å². The first kappa shape index (κ1) is 12.1. The number of likely N-dealkylation sites (tertiary alicyclic amines) is 1. The van der Waals surface area contributed by atoms with Crippen LogP contribution in [0.2, 0.25) is 0 Å². The molecule has 1 aromatic rings. The Kier molecular flexibility index (Phi) is 2.94. The van der Waals surface area contributed by atoms with Crippen LogP contribution in [0.15, 0.2) is 18.2 Å². The highest BCUT2D eigenvalue weighted by Crippen LogP contribution is 2.30. The standard InChI is InChI=1S/C14H18FNO/c1-10-6-4-7-11(12(10)15)13(17)16-9-5-8-14(16,2)3/h4,6-7H,5,8-9H2,1-3H3. The van der Waals surface area contributed by atoms with Gasteiger partial charge in [0.2, 0.25) is 0 Å². The van der Waals surface area contributed by atoms with Crippen LogP contribution in [0.4, 0.5) is 4.39 Å². The summed E-state index contributed by atoms with van der Waals surface area (Å²) in [7, 11) is 0. The van der Waals surface area contributed by atoms with Crippen molar-refractivity contribution in [2.45, 2.75) is 39.2 Å². The van der Waals surface area contributed by atoms with Crippen LogP contribution in [0, 0.1) is 12.7 Å². The maximum absolute atomic E-state index is 13.9. The summed E-state index contributed by atoms with van der Waals surface area (Å²) in [6.45, 7) is 6.47. The third-order valence-electron chi connectivity index (χ3n) is 3.57. The van der Waals surface area contributed by atoms with E-state index in [1.165, 1.54) is 0 Å². The predicted octanol–water partition coefficient (Wildman–Crippen LogP) is 3.15. The molecule has 1 fully saturated rings. The van der Waals surface area contributed by atoms with E-state index in [-0.39, 0.29) is 22.8 Å². The summed E-state index contributed by atoms with van der Waals surface area (Å²) in [5.74, 6) is -0.575. The lowest BCUT2D eigenvalue weighted by Gasteiger charge is -2.31. The first-order valence-corrected chi connectivity index (χ1v) is 6.00.